The zero-order valence-corrected chi connectivity index (χ0v) is 20.0. The minimum Gasteiger partial charge on any atom is -0.490 e. The Morgan fingerprint density at radius 2 is 1.74 bits per heavy atom. The third kappa shape index (κ3) is 7.08. The summed E-state index contributed by atoms with van der Waals surface area (Å²) >= 11 is 6.10. The van der Waals surface area contributed by atoms with E-state index < -0.39 is 0 Å². The van der Waals surface area contributed by atoms with Crippen molar-refractivity contribution >= 4 is 35.3 Å². The van der Waals surface area contributed by atoms with Crippen LogP contribution in [0.2, 0.25) is 5.02 Å². The molecule has 0 unspecified atom stereocenters. The Kier molecular flexibility index (Phi) is 8.65. The summed E-state index contributed by atoms with van der Waals surface area (Å²) in [4.78, 5) is 24.4. The van der Waals surface area contributed by atoms with E-state index in [-0.39, 0.29) is 18.4 Å². The number of carbonyl (C=O) groups is 2. The summed E-state index contributed by atoms with van der Waals surface area (Å²) in [5, 5.41) is 7.33. The van der Waals surface area contributed by atoms with E-state index in [1.165, 1.54) is 6.21 Å². The first kappa shape index (κ1) is 24.8. The SMILES string of the molecule is CCOc1cc(/C=N\NC(=O)c2ccc(C)cc2)ccc1OCC(=O)Nc1ccc(C)c(Cl)c1. The lowest BCUT2D eigenvalue weighted by atomic mass is 10.1. The molecule has 176 valence electrons. The number of hydrazone groups is 1. The van der Waals surface area contributed by atoms with Crippen molar-refractivity contribution in [2.24, 2.45) is 5.10 Å². The summed E-state index contributed by atoms with van der Waals surface area (Å²) in [5.41, 5.74) is 6.30. The number of amides is 2. The van der Waals surface area contributed by atoms with E-state index >= 15 is 0 Å². The van der Waals surface area contributed by atoms with E-state index in [4.69, 9.17) is 21.1 Å². The highest BCUT2D eigenvalue weighted by Crippen LogP contribution is 2.28. The fourth-order valence-corrected chi connectivity index (χ4v) is 3.12. The first-order valence-corrected chi connectivity index (χ1v) is 11.1. The van der Waals surface area contributed by atoms with E-state index in [2.05, 4.69) is 15.8 Å². The van der Waals surface area contributed by atoms with Crippen molar-refractivity contribution in [3.05, 3.63) is 87.9 Å². The lowest BCUT2D eigenvalue weighted by molar-refractivity contribution is -0.118. The fourth-order valence-electron chi connectivity index (χ4n) is 2.94. The molecule has 2 N–H and O–H groups in total. The molecule has 0 aromatic heterocycles. The van der Waals surface area contributed by atoms with Gasteiger partial charge in [-0.25, -0.2) is 5.43 Å². The van der Waals surface area contributed by atoms with Crippen molar-refractivity contribution in [3.63, 3.8) is 0 Å². The molecule has 8 heteroatoms. The van der Waals surface area contributed by atoms with Gasteiger partial charge in [0, 0.05) is 16.3 Å². The summed E-state index contributed by atoms with van der Waals surface area (Å²) in [5.74, 6) is 0.246. The maximum Gasteiger partial charge on any atom is 0.271 e. The van der Waals surface area contributed by atoms with Crippen molar-refractivity contribution < 1.29 is 19.1 Å². The summed E-state index contributed by atoms with van der Waals surface area (Å²) < 4.78 is 11.3. The first-order valence-electron chi connectivity index (χ1n) is 10.7. The second kappa shape index (κ2) is 11.9. The van der Waals surface area contributed by atoms with Crippen LogP contribution in [0.25, 0.3) is 0 Å². The van der Waals surface area contributed by atoms with Crippen LogP contribution < -0.4 is 20.2 Å². The second-order valence-electron chi connectivity index (χ2n) is 7.51. The Bertz CT molecular complexity index is 1190. The van der Waals surface area contributed by atoms with Gasteiger partial charge in [-0.3, -0.25) is 9.59 Å². The van der Waals surface area contributed by atoms with Crippen LogP contribution in [-0.4, -0.2) is 31.2 Å². The van der Waals surface area contributed by atoms with E-state index in [9.17, 15) is 9.59 Å². The molecule has 3 aromatic rings. The van der Waals surface area contributed by atoms with Crippen LogP contribution in [0.15, 0.2) is 65.8 Å². The van der Waals surface area contributed by atoms with E-state index in [0.29, 0.717) is 39.9 Å². The number of aryl methyl sites for hydroxylation is 2. The van der Waals surface area contributed by atoms with Gasteiger partial charge in [-0.05, 0) is 74.4 Å². The molecule has 0 aliphatic rings. The van der Waals surface area contributed by atoms with Gasteiger partial charge >= 0.3 is 0 Å². The molecule has 0 aliphatic heterocycles. The molecule has 7 nitrogen and oxygen atoms in total. The summed E-state index contributed by atoms with van der Waals surface area (Å²) in [6, 6.07) is 17.6. The van der Waals surface area contributed by atoms with Gasteiger partial charge in [0.15, 0.2) is 18.1 Å². The summed E-state index contributed by atoms with van der Waals surface area (Å²) in [7, 11) is 0. The van der Waals surface area contributed by atoms with Crippen LogP contribution in [0.3, 0.4) is 0 Å². The number of nitrogens with zero attached hydrogens (tertiary/aromatic N) is 1. The van der Waals surface area contributed by atoms with Gasteiger partial charge < -0.3 is 14.8 Å². The average molecular weight is 480 g/mol. The third-order valence-electron chi connectivity index (χ3n) is 4.78. The van der Waals surface area contributed by atoms with Gasteiger partial charge in [0.2, 0.25) is 0 Å². The number of carbonyl (C=O) groups excluding carboxylic acids is 2. The van der Waals surface area contributed by atoms with E-state index in [0.717, 1.165) is 11.1 Å². The van der Waals surface area contributed by atoms with E-state index in [1.807, 2.05) is 39.0 Å². The monoisotopic (exact) mass is 479 g/mol. The van der Waals surface area contributed by atoms with Gasteiger partial charge in [-0.1, -0.05) is 35.4 Å². The zero-order valence-electron chi connectivity index (χ0n) is 19.2. The lowest BCUT2D eigenvalue weighted by Crippen LogP contribution is -2.20. The molecule has 0 spiro atoms. The highest BCUT2D eigenvalue weighted by molar-refractivity contribution is 6.31. The first-order chi connectivity index (χ1) is 16.4. The van der Waals surface area contributed by atoms with Crippen molar-refractivity contribution in [2.45, 2.75) is 20.8 Å². The molecule has 0 saturated heterocycles. The predicted octanol–water partition coefficient (Wildman–Crippen LogP) is 5.14. The van der Waals surface area contributed by atoms with Gasteiger partial charge in [-0.2, -0.15) is 5.10 Å². The predicted molar refractivity (Wildman–Crippen MR) is 134 cm³/mol. The lowest BCUT2D eigenvalue weighted by Gasteiger charge is -2.13. The van der Waals surface area contributed by atoms with Crippen molar-refractivity contribution in [1.82, 2.24) is 5.43 Å². The Hall–Kier alpha value is -3.84. The molecular formula is C26H26ClN3O4. The maximum atomic E-state index is 12.3. The second-order valence-corrected chi connectivity index (χ2v) is 7.91. The fraction of sp³-hybridized carbons (Fsp3) is 0.192. The van der Waals surface area contributed by atoms with Crippen LogP contribution >= 0.6 is 11.6 Å². The summed E-state index contributed by atoms with van der Waals surface area (Å²) in [6.45, 7) is 5.90. The largest absolute Gasteiger partial charge is 0.490 e. The highest BCUT2D eigenvalue weighted by atomic mass is 35.5. The molecule has 2 amide bonds. The molecule has 0 heterocycles. The Morgan fingerprint density at radius 3 is 2.44 bits per heavy atom. The van der Waals surface area contributed by atoms with Crippen molar-refractivity contribution in [1.29, 1.82) is 0 Å². The van der Waals surface area contributed by atoms with Gasteiger partial charge in [-0.15, -0.1) is 0 Å². The Labute approximate surface area is 203 Å². The number of hydrogen-bond donors (Lipinski definition) is 2. The van der Waals surface area contributed by atoms with Crippen LogP contribution in [0.5, 0.6) is 11.5 Å². The number of halogens is 1. The molecule has 0 fully saturated rings. The average Bonchev–Trinajstić information content (AvgIpc) is 2.81. The standard InChI is InChI=1S/C26H26ClN3O4/c1-4-33-24-13-19(15-28-30-26(32)20-9-5-17(2)6-10-20)8-12-23(24)34-16-25(31)29-21-11-7-18(3)22(27)14-21/h5-15H,4,16H2,1-3H3,(H,29,31)(H,30,32)/b28-15-. The molecule has 0 radical (unpaired) electrons. The molecule has 0 bridgehead atoms. The molecule has 3 rings (SSSR count). The number of hydrogen-bond acceptors (Lipinski definition) is 5. The minimum atomic E-state index is -0.327. The quantitative estimate of drug-likeness (QED) is 0.328. The minimum absolute atomic E-state index is 0.203. The topological polar surface area (TPSA) is 89.0 Å². The van der Waals surface area contributed by atoms with Crippen molar-refractivity contribution in [3.8, 4) is 11.5 Å². The molecule has 3 aromatic carbocycles. The van der Waals surface area contributed by atoms with Crippen LogP contribution in [0.1, 0.15) is 34.0 Å². The van der Waals surface area contributed by atoms with Crippen LogP contribution in [0.4, 0.5) is 5.69 Å². The molecule has 0 saturated carbocycles. The van der Waals surface area contributed by atoms with Gasteiger partial charge in [0.1, 0.15) is 0 Å². The number of nitrogens with one attached hydrogen (secondary N) is 2. The molecular weight excluding hydrogens is 454 g/mol. The number of rotatable bonds is 9. The molecule has 0 aliphatic carbocycles. The van der Waals surface area contributed by atoms with Crippen molar-refractivity contribution in [2.75, 3.05) is 18.5 Å². The molecule has 0 atom stereocenters. The van der Waals surface area contributed by atoms with Gasteiger partial charge in [0.25, 0.3) is 11.8 Å². The normalized spacial score (nSPS) is 10.7. The van der Waals surface area contributed by atoms with Crippen LogP contribution in [0, 0.1) is 13.8 Å². The smallest absolute Gasteiger partial charge is 0.271 e. The number of ether oxygens (including phenoxy) is 2. The Morgan fingerprint density at radius 1 is 0.971 bits per heavy atom. The third-order valence-corrected chi connectivity index (χ3v) is 5.18. The van der Waals surface area contributed by atoms with E-state index in [1.54, 1.807) is 42.5 Å². The maximum absolute atomic E-state index is 12.3. The van der Waals surface area contributed by atoms with Crippen LogP contribution in [-0.2, 0) is 4.79 Å². The zero-order chi connectivity index (χ0) is 24.5. The highest BCUT2D eigenvalue weighted by Gasteiger charge is 2.10. The number of benzene rings is 3. The Balaban J connectivity index is 1.59. The van der Waals surface area contributed by atoms with Gasteiger partial charge in [0.05, 0.1) is 12.8 Å². The summed E-state index contributed by atoms with van der Waals surface area (Å²) in [6.07, 6.45) is 1.51. The number of anilines is 1. The molecule has 34 heavy (non-hydrogen) atoms.